The van der Waals surface area contributed by atoms with Crippen LogP contribution in [0, 0.1) is 0 Å². The maximum absolute atomic E-state index is 12.0. The number of benzene rings is 1. The summed E-state index contributed by atoms with van der Waals surface area (Å²) in [6.07, 6.45) is 1.71. The highest BCUT2D eigenvalue weighted by Gasteiger charge is 2.25. The second kappa shape index (κ2) is 8.65. The Bertz CT molecular complexity index is 556. The molecule has 0 aromatic heterocycles. The molecule has 0 fully saturated rings. The van der Waals surface area contributed by atoms with Crippen LogP contribution in [0.5, 0.6) is 0 Å². The molecule has 8 nitrogen and oxygen atoms in total. The largest absolute Gasteiger partial charge is 0.391 e. The molecule has 0 aliphatic carbocycles. The zero-order valence-electron chi connectivity index (χ0n) is 11.8. The van der Waals surface area contributed by atoms with E-state index >= 15 is 0 Å². The SMILES string of the molecule is NCC(C(=O)OC(=O)C(N)CC=O)c1ccc(C=NN)cc1. The van der Waals surface area contributed by atoms with Crippen molar-refractivity contribution in [3.63, 3.8) is 0 Å². The van der Waals surface area contributed by atoms with Crippen LogP contribution in [0.25, 0.3) is 0 Å². The number of hydrogen-bond acceptors (Lipinski definition) is 8. The van der Waals surface area contributed by atoms with Crippen LogP contribution in [-0.2, 0) is 19.1 Å². The highest BCUT2D eigenvalue weighted by Crippen LogP contribution is 2.17. The van der Waals surface area contributed by atoms with Crippen LogP contribution >= 0.6 is 0 Å². The second-order valence-corrected chi connectivity index (χ2v) is 4.48. The van der Waals surface area contributed by atoms with Crippen LogP contribution < -0.4 is 17.3 Å². The first kappa shape index (κ1) is 17.5. The van der Waals surface area contributed by atoms with Crippen LogP contribution in [0.1, 0.15) is 23.5 Å². The smallest absolute Gasteiger partial charge is 0.331 e. The van der Waals surface area contributed by atoms with Gasteiger partial charge in [-0.25, -0.2) is 4.79 Å². The van der Waals surface area contributed by atoms with Gasteiger partial charge in [-0.2, -0.15) is 5.10 Å². The summed E-state index contributed by atoms with van der Waals surface area (Å²) in [4.78, 5) is 33.8. The van der Waals surface area contributed by atoms with Crippen molar-refractivity contribution >= 4 is 24.4 Å². The predicted octanol–water partition coefficient (Wildman–Crippen LogP) is -0.992. The van der Waals surface area contributed by atoms with Gasteiger partial charge in [0, 0.05) is 13.0 Å². The van der Waals surface area contributed by atoms with E-state index in [1.807, 2.05) is 0 Å². The molecule has 0 bridgehead atoms. The lowest BCUT2D eigenvalue weighted by molar-refractivity contribution is -0.161. The molecule has 0 aliphatic rings. The molecule has 8 heteroatoms. The van der Waals surface area contributed by atoms with Crippen molar-refractivity contribution in [1.82, 2.24) is 0 Å². The molecule has 0 spiro atoms. The van der Waals surface area contributed by atoms with E-state index in [-0.39, 0.29) is 13.0 Å². The number of rotatable bonds is 7. The number of hydrazone groups is 1. The summed E-state index contributed by atoms with van der Waals surface area (Å²) in [5, 5.41) is 3.38. The lowest BCUT2D eigenvalue weighted by Gasteiger charge is -2.15. The van der Waals surface area contributed by atoms with E-state index in [9.17, 15) is 14.4 Å². The van der Waals surface area contributed by atoms with E-state index in [0.29, 0.717) is 11.8 Å². The molecule has 22 heavy (non-hydrogen) atoms. The maximum Gasteiger partial charge on any atom is 0.331 e. The number of aldehydes is 1. The van der Waals surface area contributed by atoms with Crippen molar-refractivity contribution < 1.29 is 19.1 Å². The monoisotopic (exact) mass is 306 g/mol. The summed E-state index contributed by atoms with van der Waals surface area (Å²) >= 11 is 0. The quantitative estimate of drug-likeness (QED) is 0.146. The Kier molecular flexibility index (Phi) is 6.87. The van der Waals surface area contributed by atoms with Crippen molar-refractivity contribution in [1.29, 1.82) is 0 Å². The molecule has 0 heterocycles. The standard InChI is InChI=1S/C14H18N4O4/c15-7-11(10-3-1-9(2-4-10)8-18-17)13(20)22-14(21)12(16)5-6-19/h1-4,6,8,11-12H,5,7,15-17H2. The Morgan fingerprint density at radius 1 is 1.23 bits per heavy atom. The third-order valence-electron chi connectivity index (χ3n) is 2.94. The van der Waals surface area contributed by atoms with Gasteiger partial charge in [-0.3, -0.25) is 4.79 Å². The molecular formula is C14H18N4O4. The highest BCUT2D eigenvalue weighted by atomic mass is 16.6. The molecule has 0 amide bonds. The van der Waals surface area contributed by atoms with Crippen molar-refractivity contribution in [3.8, 4) is 0 Å². The summed E-state index contributed by atoms with van der Waals surface area (Å²) in [7, 11) is 0. The minimum atomic E-state index is -1.16. The van der Waals surface area contributed by atoms with Crippen molar-refractivity contribution in [3.05, 3.63) is 35.4 Å². The van der Waals surface area contributed by atoms with Gasteiger partial charge < -0.3 is 26.8 Å². The molecule has 1 aromatic carbocycles. The molecule has 2 unspecified atom stereocenters. The second-order valence-electron chi connectivity index (χ2n) is 4.48. The molecule has 0 radical (unpaired) electrons. The molecule has 0 aliphatic heterocycles. The molecule has 0 saturated heterocycles. The van der Waals surface area contributed by atoms with E-state index < -0.39 is 23.9 Å². The molecule has 1 rings (SSSR count). The van der Waals surface area contributed by atoms with Crippen molar-refractivity contribution in [2.45, 2.75) is 18.4 Å². The van der Waals surface area contributed by atoms with Gasteiger partial charge in [0.2, 0.25) is 0 Å². The number of carbonyl (C=O) groups excluding carboxylic acids is 3. The molecule has 118 valence electrons. The average Bonchev–Trinajstić information content (AvgIpc) is 2.50. The van der Waals surface area contributed by atoms with Gasteiger partial charge in [0.25, 0.3) is 0 Å². The van der Waals surface area contributed by atoms with E-state index in [0.717, 1.165) is 5.56 Å². The normalized spacial score (nSPS) is 13.5. The number of hydrogen-bond donors (Lipinski definition) is 3. The summed E-state index contributed by atoms with van der Waals surface area (Å²) in [5.74, 6) is 2.47. The van der Waals surface area contributed by atoms with Gasteiger partial charge in [0.05, 0.1) is 12.1 Å². The predicted molar refractivity (Wildman–Crippen MR) is 79.8 cm³/mol. The number of ether oxygens (including phenoxy) is 1. The lowest BCUT2D eigenvalue weighted by Crippen LogP contribution is -2.36. The average molecular weight is 306 g/mol. The Hall–Kier alpha value is -2.58. The highest BCUT2D eigenvalue weighted by molar-refractivity contribution is 5.92. The van der Waals surface area contributed by atoms with E-state index in [1.54, 1.807) is 24.3 Å². The Morgan fingerprint density at radius 3 is 2.36 bits per heavy atom. The number of esters is 2. The summed E-state index contributed by atoms with van der Waals surface area (Å²) in [5.41, 5.74) is 12.3. The van der Waals surface area contributed by atoms with Gasteiger partial charge >= 0.3 is 11.9 Å². The molecule has 6 N–H and O–H groups in total. The number of carbonyl (C=O) groups is 3. The topological polar surface area (TPSA) is 151 Å². The Balaban J connectivity index is 2.79. The van der Waals surface area contributed by atoms with Crippen LogP contribution in [0.4, 0.5) is 0 Å². The van der Waals surface area contributed by atoms with E-state index in [2.05, 4.69) is 9.84 Å². The summed E-state index contributed by atoms with van der Waals surface area (Å²) in [6, 6.07) is 5.54. The van der Waals surface area contributed by atoms with Crippen molar-refractivity contribution in [2.24, 2.45) is 22.4 Å². The Morgan fingerprint density at radius 2 is 1.86 bits per heavy atom. The van der Waals surface area contributed by atoms with Crippen molar-refractivity contribution in [2.75, 3.05) is 6.54 Å². The van der Waals surface area contributed by atoms with Gasteiger partial charge in [-0.15, -0.1) is 0 Å². The zero-order valence-corrected chi connectivity index (χ0v) is 11.8. The van der Waals surface area contributed by atoms with E-state index in [1.165, 1.54) is 6.21 Å². The van der Waals surface area contributed by atoms with Gasteiger partial charge in [0.15, 0.2) is 0 Å². The minimum Gasteiger partial charge on any atom is -0.391 e. The lowest BCUT2D eigenvalue weighted by atomic mass is 9.98. The number of nitrogens with zero attached hydrogens (tertiary/aromatic N) is 1. The third kappa shape index (κ3) is 4.76. The summed E-state index contributed by atoms with van der Waals surface area (Å²) in [6.45, 7) is -0.0423. The molecule has 1 aromatic rings. The first-order chi connectivity index (χ1) is 10.5. The number of nitrogens with two attached hydrogens (primary N) is 3. The fraction of sp³-hybridized carbons (Fsp3) is 0.286. The van der Waals surface area contributed by atoms with Gasteiger partial charge in [-0.1, -0.05) is 24.3 Å². The Labute approximate surface area is 127 Å². The third-order valence-corrected chi connectivity index (χ3v) is 2.94. The molecule has 2 atom stereocenters. The molecule has 0 saturated carbocycles. The van der Waals surface area contributed by atoms with Crippen LogP contribution in [0.15, 0.2) is 29.4 Å². The summed E-state index contributed by atoms with van der Waals surface area (Å²) < 4.78 is 4.66. The van der Waals surface area contributed by atoms with E-state index in [4.69, 9.17) is 17.3 Å². The van der Waals surface area contributed by atoms with Crippen LogP contribution in [0.3, 0.4) is 0 Å². The first-order valence-corrected chi connectivity index (χ1v) is 6.51. The fourth-order valence-electron chi connectivity index (χ4n) is 1.71. The van der Waals surface area contributed by atoms with Crippen LogP contribution in [0.2, 0.25) is 0 Å². The van der Waals surface area contributed by atoms with Gasteiger partial charge in [0.1, 0.15) is 12.3 Å². The molecular weight excluding hydrogens is 288 g/mol. The zero-order chi connectivity index (χ0) is 16.5. The van der Waals surface area contributed by atoms with Gasteiger partial charge in [-0.05, 0) is 11.1 Å². The van der Waals surface area contributed by atoms with Crippen LogP contribution in [-0.4, -0.2) is 37.0 Å². The maximum atomic E-state index is 12.0. The fourth-order valence-corrected chi connectivity index (χ4v) is 1.71. The minimum absolute atomic E-state index is 0.0423. The first-order valence-electron chi connectivity index (χ1n) is 6.51.